The molecule has 0 saturated carbocycles. The van der Waals surface area contributed by atoms with Gasteiger partial charge in [0.15, 0.2) is 0 Å². The average molecular weight is 602 g/mol. The lowest BCUT2D eigenvalue weighted by Crippen LogP contribution is -2.50. The van der Waals surface area contributed by atoms with Crippen molar-refractivity contribution in [1.82, 2.24) is 24.9 Å². The minimum Gasteiger partial charge on any atom is -0.361 e. The molecule has 10 nitrogen and oxygen atoms in total. The van der Waals surface area contributed by atoms with Crippen molar-refractivity contribution in [1.29, 1.82) is 0 Å². The van der Waals surface area contributed by atoms with E-state index in [1.807, 2.05) is 44.3 Å². The topological polar surface area (TPSA) is 142 Å². The third-order valence-electron chi connectivity index (χ3n) is 7.63. The monoisotopic (exact) mass is 601 g/mol. The summed E-state index contributed by atoms with van der Waals surface area (Å²) < 4.78 is 28.6. The molecule has 43 heavy (non-hydrogen) atoms. The molecule has 3 heterocycles. The van der Waals surface area contributed by atoms with Crippen LogP contribution in [0.15, 0.2) is 90.1 Å². The normalized spacial score (nSPS) is 21.4. The van der Waals surface area contributed by atoms with Gasteiger partial charge in [-0.1, -0.05) is 55.0 Å². The quantitative estimate of drug-likeness (QED) is 0.259. The van der Waals surface area contributed by atoms with Gasteiger partial charge in [-0.2, -0.15) is 0 Å². The van der Waals surface area contributed by atoms with Gasteiger partial charge in [0.1, 0.15) is 6.04 Å². The number of fused-ring (bicyclic) bond motifs is 1. The molecule has 0 aliphatic carbocycles. The van der Waals surface area contributed by atoms with Gasteiger partial charge in [0.05, 0.1) is 16.6 Å². The second-order valence-electron chi connectivity index (χ2n) is 10.8. The van der Waals surface area contributed by atoms with Crippen LogP contribution in [-0.2, 0) is 30.8 Å². The molecule has 3 atom stereocenters. The van der Waals surface area contributed by atoms with E-state index in [9.17, 15) is 22.8 Å². The first kappa shape index (κ1) is 29.8. The van der Waals surface area contributed by atoms with Crippen molar-refractivity contribution in [3.05, 3.63) is 102 Å². The minimum atomic E-state index is -3.99. The Morgan fingerprint density at radius 3 is 2.49 bits per heavy atom. The predicted molar refractivity (Wildman–Crippen MR) is 164 cm³/mol. The highest BCUT2D eigenvalue weighted by atomic mass is 32.2. The number of hydrogen-bond acceptors (Lipinski definition) is 5. The second kappa shape index (κ2) is 12.7. The first-order valence-electron chi connectivity index (χ1n) is 14.2. The first-order valence-corrected chi connectivity index (χ1v) is 15.6. The Balaban J connectivity index is 1.53. The van der Waals surface area contributed by atoms with Crippen LogP contribution in [0.25, 0.3) is 10.9 Å². The maximum atomic E-state index is 14.0. The van der Waals surface area contributed by atoms with Crippen LogP contribution >= 0.6 is 0 Å². The van der Waals surface area contributed by atoms with Gasteiger partial charge < -0.3 is 20.9 Å². The van der Waals surface area contributed by atoms with Crippen LogP contribution in [0.4, 0.5) is 0 Å². The highest BCUT2D eigenvalue weighted by Gasteiger charge is 2.31. The maximum Gasteiger partial charge on any atom is 0.267 e. The molecule has 5 rings (SSSR count). The number of H-pyrrole nitrogens is 1. The number of rotatable bonds is 5. The maximum absolute atomic E-state index is 14.0. The van der Waals surface area contributed by atoms with E-state index in [0.29, 0.717) is 5.69 Å². The molecule has 0 saturated heterocycles. The van der Waals surface area contributed by atoms with Gasteiger partial charge in [0.2, 0.25) is 17.7 Å². The van der Waals surface area contributed by atoms with E-state index in [0.717, 1.165) is 22.0 Å². The lowest BCUT2D eigenvalue weighted by Gasteiger charge is -2.28. The fourth-order valence-electron chi connectivity index (χ4n) is 5.28. The third kappa shape index (κ3) is 6.72. The lowest BCUT2D eigenvalue weighted by atomic mass is 9.96. The summed E-state index contributed by atoms with van der Waals surface area (Å²) >= 11 is 0. The SMILES string of the molecule is Cc1ccc(S(=O)(=O)n2cccc2[C@@H]2NC(=O)[C@H](Cc3c[nH]c4ccccc34)NC(=O)CCNC(=O)C/C=C/[C@@H]2C)cc1. The van der Waals surface area contributed by atoms with Crippen molar-refractivity contribution >= 4 is 38.6 Å². The summed E-state index contributed by atoms with van der Waals surface area (Å²) in [6, 6.07) is 15.8. The van der Waals surface area contributed by atoms with Gasteiger partial charge >= 0.3 is 0 Å². The van der Waals surface area contributed by atoms with Gasteiger partial charge in [0.25, 0.3) is 10.0 Å². The number of aromatic nitrogens is 2. The number of carbonyl (C=O) groups excluding carboxylic acids is 3. The van der Waals surface area contributed by atoms with Crippen molar-refractivity contribution in [2.75, 3.05) is 6.54 Å². The summed E-state index contributed by atoms with van der Waals surface area (Å²) in [5, 5.41) is 9.53. The summed E-state index contributed by atoms with van der Waals surface area (Å²) in [5.41, 5.74) is 3.03. The standard InChI is InChI=1S/C32H35N5O5S/c1-21-12-14-24(15-13-21)43(41,42)37-18-6-10-28(37)31-22(2)7-5-11-29(38)33-17-16-30(39)35-27(32(40)36-31)19-23-20-34-26-9-4-3-8-25(23)26/h3-10,12-15,18,20,22,27,31,34H,11,16-17,19H2,1-2H3,(H,33,38)(H,35,39)(H,36,40)/b7-5+/t22-,27-,31+/m0/s1. The summed E-state index contributed by atoms with van der Waals surface area (Å²) in [6.07, 6.45) is 7.04. The first-order chi connectivity index (χ1) is 20.6. The third-order valence-corrected chi connectivity index (χ3v) is 9.35. The van der Waals surface area contributed by atoms with Crippen LogP contribution in [0, 0.1) is 12.8 Å². The Morgan fingerprint density at radius 1 is 0.930 bits per heavy atom. The smallest absolute Gasteiger partial charge is 0.267 e. The molecule has 3 amide bonds. The van der Waals surface area contributed by atoms with Gasteiger partial charge in [-0.15, -0.1) is 0 Å². The number of carbonyl (C=O) groups is 3. The lowest BCUT2D eigenvalue weighted by molar-refractivity contribution is -0.129. The van der Waals surface area contributed by atoms with E-state index < -0.39 is 33.9 Å². The molecule has 2 aromatic heterocycles. The van der Waals surface area contributed by atoms with Crippen LogP contribution in [0.3, 0.4) is 0 Å². The molecular formula is C32H35N5O5S. The van der Waals surface area contributed by atoms with E-state index in [1.54, 1.807) is 48.6 Å². The molecule has 0 fully saturated rings. The Hall–Kier alpha value is -4.64. The zero-order valence-corrected chi connectivity index (χ0v) is 24.9. The highest BCUT2D eigenvalue weighted by Crippen LogP contribution is 2.28. The van der Waals surface area contributed by atoms with Crippen LogP contribution in [-0.4, -0.2) is 47.7 Å². The Morgan fingerprint density at radius 2 is 1.70 bits per heavy atom. The molecule has 0 bridgehead atoms. The van der Waals surface area contributed by atoms with Crippen molar-refractivity contribution in [2.45, 2.75) is 50.1 Å². The zero-order valence-electron chi connectivity index (χ0n) is 24.0. The molecular weight excluding hydrogens is 566 g/mol. The molecule has 11 heteroatoms. The number of benzene rings is 2. The van der Waals surface area contributed by atoms with Crippen molar-refractivity contribution in [3.8, 4) is 0 Å². The molecule has 4 aromatic rings. The zero-order chi connectivity index (χ0) is 30.6. The van der Waals surface area contributed by atoms with Crippen molar-refractivity contribution < 1.29 is 22.8 Å². The molecule has 1 aliphatic heterocycles. The minimum absolute atomic E-state index is 0.00456. The Bertz CT molecular complexity index is 1770. The van der Waals surface area contributed by atoms with E-state index in [1.165, 1.54) is 10.2 Å². The van der Waals surface area contributed by atoms with Gasteiger partial charge in [-0.05, 0) is 48.7 Å². The number of nitrogens with one attached hydrogen (secondary N) is 4. The second-order valence-corrected chi connectivity index (χ2v) is 12.6. The van der Waals surface area contributed by atoms with Gasteiger partial charge in [-0.25, -0.2) is 12.4 Å². The largest absolute Gasteiger partial charge is 0.361 e. The van der Waals surface area contributed by atoms with Crippen LogP contribution in [0.2, 0.25) is 0 Å². The fraction of sp³-hybridized carbons (Fsp3) is 0.281. The van der Waals surface area contributed by atoms with E-state index >= 15 is 0 Å². The summed E-state index contributed by atoms with van der Waals surface area (Å²) in [4.78, 5) is 42.5. The summed E-state index contributed by atoms with van der Waals surface area (Å²) in [7, 11) is -3.99. The number of para-hydroxylation sites is 1. The molecule has 0 radical (unpaired) electrons. The summed E-state index contributed by atoms with van der Waals surface area (Å²) in [6.45, 7) is 3.86. The van der Waals surface area contributed by atoms with Crippen molar-refractivity contribution in [3.63, 3.8) is 0 Å². The predicted octanol–water partition coefficient (Wildman–Crippen LogP) is 3.50. The fourth-order valence-corrected chi connectivity index (χ4v) is 6.67. The molecule has 4 N–H and O–H groups in total. The molecule has 2 aromatic carbocycles. The number of hydrogen-bond donors (Lipinski definition) is 4. The number of aryl methyl sites for hydroxylation is 1. The number of amides is 3. The van der Waals surface area contributed by atoms with Crippen LogP contribution in [0.1, 0.15) is 42.6 Å². The van der Waals surface area contributed by atoms with Gasteiger partial charge in [0, 0.05) is 49.1 Å². The van der Waals surface area contributed by atoms with Crippen LogP contribution in [0.5, 0.6) is 0 Å². The van der Waals surface area contributed by atoms with E-state index in [4.69, 9.17) is 0 Å². The summed E-state index contributed by atoms with van der Waals surface area (Å²) in [5.74, 6) is -1.49. The molecule has 0 spiro atoms. The van der Waals surface area contributed by atoms with Gasteiger partial charge in [-0.3, -0.25) is 14.4 Å². The van der Waals surface area contributed by atoms with E-state index in [2.05, 4.69) is 20.9 Å². The number of nitrogens with zero attached hydrogens (tertiary/aromatic N) is 1. The molecule has 224 valence electrons. The van der Waals surface area contributed by atoms with E-state index in [-0.39, 0.29) is 42.5 Å². The Labute approximate surface area is 250 Å². The Kier molecular flexibility index (Phi) is 8.81. The molecule has 1 aliphatic rings. The number of aromatic amines is 1. The molecule has 0 unspecified atom stereocenters. The van der Waals surface area contributed by atoms with Crippen LogP contribution < -0.4 is 16.0 Å². The average Bonchev–Trinajstić information content (AvgIpc) is 3.63. The van der Waals surface area contributed by atoms with Crippen molar-refractivity contribution in [2.24, 2.45) is 5.92 Å². The highest BCUT2D eigenvalue weighted by molar-refractivity contribution is 7.90.